The first-order valence-corrected chi connectivity index (χ1v) is 8.09. The van der Waals surface area contributed by atoms with Gasteiger partial charge in [0.05, 0.1) is 18.5 Å². The maximum absolute atomic E-state index is 6.16. The van der Waals surface area contributed by atoms with Gasteiger partial charge in [-0.05, 0) is 45.2 Å². The van der Waals surface area contributed by atoms with Crippen LogP contribution in [0.1, 0.15) is 38.9 Å². The summed E-state index contributed by atoms with van der Waals surface area (Å²) in [5.41, 5.74) is 1.96. The molecule has 1 aliphatic heterocycles. The number of halogens is 1. The maximum atomic E-state index is 6.16. The molecule has 1 aromatic carbocycles. The van der Waals surface area contributed by atoms with Crippen molar-refractivity contribution in [1.82, 2.24) is 9.66 Å². The summed E-state index contributed by atoms with van der Waals surface area (Å²) in [7, 11) is 1.68. The molecule has 0 aliphatic carbocycles. The fourth-order valence-corrected chi connectivity index (χ4v) is 3.59. The molecule has 1 fully saturated rings. The molecule has 2 unspecified atom stereocenters. The van der Waals surface area contributed by atoms with Crippen molar-refractivity contribution in [2.45, 2.75) is 51.1 Å². The van der Waals surface area contributed by atoms with Gasteiger partial charge in [-0.15, -0.1) is 11.6 Å². The lowest BCUT2D eigenvalue weighted by atomic mass is 10.00. The minimum absolute atomic E-state index is 0.397. The van der Waals surface area contributed by atoms with Gasteiger partial charge in [-0.3, -0.25) is 0 Å². The van der Waals surface area contributed by atoms with Crippen LogP contribution < -0.4 is 9.75 Å². The van der Waals surface area contributed by atoms with Crippen LogP contribution in [0, 0.1) is 0 Å². The summed E-state index contributed by atoms with van der Waals surface area (Å²) in [5, 5.41) is 2.43. The molecular weight excluding hydrogens is 286 g/mol. The number of para-hydroxylation sites is 1. The van der Waals surface area contributed by atoms with Crippen molar-refractivity contribution in [1.29, 1.82) is 0 Å². The number of nitrogens with zero attached hydrogens (tertiary/aromatic N) is 3. The first kappa shape index (κ1) is 14.5. The van der Waals surface area contributed by atoms with E-state index >= 15 is 0 Å². The first-order chi connectivity index (χ1) is 10.2. The molecule has 4 nitrogen and oxygen atoms in total. The van der Waals surface area contributed by atoms with Crippen LogP contribution in [-0.2, 0) is 5.88 Å². The van der Waals surface area contributed by atoms with E-state index in [0.717, 1.165) is 22.6 Å². The Morgan fingerprint density at radius 1 is 1.29 bits per heavy atom. The molecular formula is C16H22ClN3O. The van der Waals surface area contributed by atoms with Crippen LogP contribution in [0.3, 0.4) is 0 Å². The Kier molecular flexibility index (Phi) is 3.98. The second-order valence-corrected chi connectivity index (χ2v) is 6.08. The van der Waals surface area contributed by atoms with E-state index in [0.29, 0.717) is 18.0 Å². The standard InChI is InChI=1S/C16H22ClN3O/c1-11-6-4-7-12(2)19(11)20-13-8-5-9-14(21-3)16(13)18-15(20)10-17/h5,8-9,11-12H,4,6-7,10H2,1-3H3. The van der Waals surface area contributed by atoms with Gasteiger partial charge in [0.25, 0.3) is 0 Å². The van der Waals surface area contributed by atoms with Crippen molar-refractivity contribution in [3.63, 3.8) is 0 Å². The predicted molar refractivity (Wildman–Crippen MR) is 86.8 cm³/mol. The van der Waals surface area contributed by atoms with Crippen molar-refractivity contribution in [2.24, 2.45) is 0 Å². The lowest BCUT2D eigenvalue weighted by Gasteiger charge is -2.42. The topological polar surface area (TPSA) is 30.3 Å². The number of hydrogen-bond acceptors (Lipinski definition) is 3. The Balaban J connectivity index is 2.20. The molecule has 0 spiro atoms. The van der Waals surface area contributed by atoms with E-state index in [1.54, 1.807) is 7.11 Å². The van der Waals surface area contributed by atoms with Gasteiger partial charge in [-0.1, -0.05) is 6.07 Å². The van der Waals surface area contributed by atoms with E-state index in [9.17, 15) is 0 Å². The summed E-state index contributed by atoms with van der Waals surface area (Å²) in [4.78, 5) is 4.71. The number of alkyl halides is 1. The van der Waals surface area contributed by atoms with Gasteiger partial charge < -0.3 is 9.75 Å². The quantitative estimate of drug-likeness (QED) is 0.810. The van der Waals surface area contributed by atoms with Gasteiger partial charge >= 0.3 is 0 Å². The molecule has 3 rings (SSSR count). The monoisotopic (exact) mass is 307 g/mol. The molecule has 2 atom stereocenters. The van der Waals surface area contributed by atoms with Crippen molar-refractivity contribution < 1.29 is 4.74 Å². The van der Waals surface area contributed by atoms with Crippen LogP contribution >= 0.6 is 11.6 Å². The van der Waals surface area contributed by atoms with Crippen molar-refractivity contribution in [3.8, 4) is 5.75 Å². The average Bonchev–Trinajstić information content (AvgIpc) is 2.86. The lowest BCUT2D eigenvalue weighted by molar-refractivity contribution is 0.337. The number of hydrogen-bond donors (Lipinski definition) is 0. The van der Waals surface area contributed by atoms with E-state index in [4.69, 9.17) is 21.3 Å². The number of ether oxygens (including phenoxy) is 1. The number of rotatable bonds is 3. The summed E-state index contributed by atoms with van der Waals surface area (Å²) in [6, 6.07) is 7.02. The molecule has 1 saturated heterocycles. The molecule has 0 saturated carbocycles. The highest BCUT2D eigenvalue weighted by molar-refractivity contribution is 6.17. The van der Waals surface area contributed by atoms with Gasteiger partial charge in [0, 0.05) is 12.1 Å². The van der Waals surface area contributed by atoms with Crippen molar-refractivity contribution >= 4 is 22.6 Å². The molecule has 0 amide bonds. The van der Waals surface area contributed by atoms with Gasteiger partial charge in [-0.25, -0.2) is 9.66 Å². The summed E-state index contributed by atoms with van der Waals surface area (Å²) in [5.74, 6) is 2.08. The molecule has 5 heteroatoms. The highest BCUT2D eigenvalue weighted by Gasteiger charge is 2.28. The molecule has 114 valence electrons. The average molecular weight is 308 g/mol. The normalized spacial score (nSPS) is 22.8. The Hall–Kier alpha value is -1.42. The third-order valence-electron chi connectivity index (χ3n) is 4.41. The third-order valence-corrected chi connectivity index (χ3v) is 4.65. The smallest absolute Gasteiger partial charge is 0.146 e. The number of piperidine rings is 1. The third kappa shape index (κ3) is 2.35. The number of methoxy groups -OCH3 is 1. The number of fused-ring (bicyclic) bond motifs is 1. The fourth-order valence-electron chi connectivity index (χ4n) is 3.42. The Labute approximate surface area is 130 Å². The molecule has 0 N–H and O–H groups in total. The van der Waals surface area contributed by atoms with Crippen LogP contribution in [0.15, 0.2) is 18.2 Å². The zero-order valence-corrected chi connectivity index (χ0v) is 13.6. The van der Waals surface area contributed by atoms with Gasteiger partial charge in [0.15, 0.2) is 0 Å². The minimum Gasteiger partial charge on any atom is -0.494 e. The van der Waals surface area contributed by atoms with Gasteiger partial charge in [-0.2, -0.15) is 0 Å². The van der Waals surface area contributed by atoms with E-state index < -0.39 is 0 Å². The maximum Gasteiger partial charge on any atom is 0.146 e. The Bertz CT molecular complexity index is 630. The molecule has 2 heterocycles. The largest absolute Gasteiger partial charge is 0.494 e. The number of aromatic nitrogens is 2. The van der Waals surface area contributed by atoms with E-state index in [1.165, 1.54) is 19.3 Å². The second kappa shape index (κ2) is 5.76. The zero-order valence-electron chi connectivity index (χ0n) is 12.8. The summed E-state index contributed by atoms with van der Waals surface area (Å²) in [6.07, 6.45) is 3.69. The van der Waals surface area contributed by atoms with Crippen molar-refractivity contribution in [3.05, 3.63) is 24.0 Å². The minimum atomic E-state index is 0.397. The number of imidazole rings is 1. The molecule has 2 aromatic rings. The first-order valence-electron chi connectivity index (χ1n) is 7.56. The molecule has 21 heavy (non-hydrogen) atoms. The Morgan fingerprint density at radius 3 is 2.62 bits per heavy atom. The summed E-state index contributed by atoms with van der Waals surface area (Å²) in [6.45, 7) is 4.55. The van der Waals surface area contributed by atoms with Crippen molar-refractivity contribution in [2.75, 3.05) is 12.1 Å². The van der Waals surface area contributed by atoms with Crippen LogP contribution in [0.5, 0.6) is 5.75 Å². The van der Waals surface area contributed by atoms with Gasteiger partial charge in [0.1, 0.15) is 17.1 Å². The van der Waals surface area contributed by atoms with E-state index in [-0.39, 0.29) is 0 Å². The van der Waals surface area contributed by atoms with E-state index in [2.05, 4.69) is 29.6 Å². The SMILES string of the molecule is COc1cccc2c1nc(CCl)n2N1C(C)CCCC1C. The summed E-state index contributed by atoms with van der Waals surface area (Å²) >= 11 is 6.16. The van der Waals surface area contributed by atoms with Crippen LogP contribution in [0.25, 0.3) is 11.0 Å². The predicted octanol–water partition coefficient (Wildman–Crippen LogP) is 3.68. The molecule has 1 aromatic heterocycles. The summed E-state index contributed by atoms with van der Waals surface area (Å²) < 4.78 is 7.65. The van der Waals surface area contributed by atoms with E-state index in [1.807, 2.05) is 12.1 Å². The fraction of sp³-hybridized carbons (Fsp3) is 0.562. The Morgan fingerprint density at radius 2 is 2.00 bits per heavy atom. The molecule has 0 radical (unpaired) electrons. The lowest BCUT2D eigenvalue weighted by Crippen LogP contribution is -2.51. The van der Waals surface area contributed by atoms with Crippen LogP contribution in [0.4, 0.5) is 0 Å². The van der Waals surface area contributed by atoms with Crippen LogP contribution in [0.2, 0.25) is 0 Å². The number of benzene rings is 1. The highest BCUT2D eigenvalue weighted by atomic mass is 35.5. The van der Waals surface area contributed by atoms with Gasteiger partial charge in [0.2, 0.25) is 0 Å². The molecule has 0 bridgehead atoms. The van der Waals surface area contributed by atoms with Crippen LogP contribution in [-0.4, -0.2) is 28.9 Å². The highest BCUT2D eigenvalue weighted by Crippen LogP contribution is 2.30. The molecule has 1 aliphatic rings. The second-order valence-electron chi connectivity index (χ2n) is 5.81. The zero-order chi connectivity index (χ0) is 15.0.